The first kappa shape index (κ1) is 14.3. The Kier molecular flexibility index (Phi) is 4.57. The topological polar surface area (TPSA) is 71.2 Å². The van der Waals surface area contributed by atoms with E-state index in [1.165, 1.54) is 0 Å². The first-order valence-electron chi connectivity index (χ1n) is 6.27. The number of carbonyl (C=O) groups excluding carboxylic acids is 2. The third-order valence-corrected chi connectivity index (χ3v) is 3.51. The summed E-state index contributed by atoms with van der Waals surface area (Å²) >= 11 is 1.55. The average Bonchev–Trinajstić information content (AvgIpc) is 3.00. The van der Waals surface area contributed by atoms with Crippen LogP contribution < -0.4 is 5.32 Å². The molecule has 0 fully saturated rings. The van der Waals surface area contributed by atoms with Gasteiger partial charge < -0.3 is 15.0 Å². The van der Waals surface area contributed by atoms with Crippen molar-refractivity contribution in [2.24, 2.45) is 0 Å². The van der Waals surface area contributed by atoms with Crippen LogP contribution in [0.3, 0.4) is 0 Å². The van der Waals surface area contributed by atoms with Crippen molar-refractivity contribution in [1.82, 2.24) is 4.98 Å². The molecule has 0 aliphatic carbocycles. The summed E-state index contributed by atoms with van der Waals surface area (Å²) in [6.45, 7) is 3.81. The quantitative estimate of drug-likeness (QED) is 0.832. The maximum Gasteiger partial charge on any atom is 0.342 e. The number of H-pyrrole nitrogens is 1. The smallest absolute Gasteiger partial charge is 0.342 e. The highest BCUT2D eigenvalue weighted by Gasteiger charge is 2.19. The lowest BCUT2D eigenvalue weighted by molar-refractivity contribution is -0.115. The maximum absolute atomic E-state index is 11.9. The molecule has 106 valence electrons. The number of amides is 1. The molecule has 0 unspecified atom stereocenters. The van der Waals surface area contributed by atoms with Crippen LogP contribution >= 0.6 is 11.3 Å². The molecule has 0 bridgehead atoms. The van der Waals surface area contributed by atoms with Crippen LogP contribution in [0.4, 0.5) is 5.69 Å². The Morgan fingerprint density at radius 2 is 2.25 bits per heavy atom. The van der Waals surface area contributed by atoms with E-state index in [1.54, 1.807) is 31.4 Å². The number of carbonyl (C=O) groups is 2. The molecule has 0 saturated carbocycles. The molecule has 2 aromatic heterocycles. The summed E-state index contributed by atoms with van der Waals surface area (Å²) in [7, 11) is 0. The molecule has 20 heavy (non-hydrogen) atoms. The number of aromatic nitrogens is 1. The summed E-state index contributed by atoms with van der Waals surface area (Å²) in [6.07, 6.45) is 1.89. The van der Waals surface area contributed by atoms with Crippen LogP contribution in [0.1, 0.15) is 28.5 Å². The Morgan fingerprint density at radius 3 is 2.90 bits per heavy atom. The predicted molar refractivity (Wildman–Crippen MR) is 78.1 cm³/mol. The third kappa shape index (κ3) is 3.27. The van der Waals surface area contributed by atoms with Crippen LogP contribution in [0.15, 0.2) is 23.0 Å². The summed E-state index contributed by atoms with van der Waals surface area (Å²) in [6, 6.07) is 1.90. The minimum absolute atomic E-state index is 0.159. The number of esters is 1. The second-order valence-electron chi connectivity index (χ2n) is 4.28. The minimum atomic E-state index is -0.433. The molecule has 2 rings (SSSR count). The molecule has 0 spiro atoms. The largest absolute Gasteiger partial charge is 0.462 e. The van der Waals surface area contributed by atoms with E-state index in [0.717, 1.165) is 5.56 Å². The summed E-state index contributed by atoms with van der Waals surface area (Å²) in [5.41, 5.74) is 2.47. The summed E-state index contributed by atoms with van der Waals surface area (Å²) in [5, 5.41) is 6.59. The van der Waals surface area contributed by atoms with Gasteiger partial charge in [-0.05, 0) is 36.2 Å². The number of aromatic amines is 1. The third-order valence-electron chi connectivity index (χ3n) is 2.78. The van der Waals surface area contributed by atoms with Crippen molar-refractivity contribution in [3.63, 3.8) is 0 Å². The molecular weight excluding hydrogens is 276 g/mol. The van der Waals surface area contributed by atoms with Gasteiger partial charge in [-0.25, -0.2) is 4.79 Å². The molecule has 0 aliphatic heterocycles. The van der Waals surface area contributed by atoms with Gasteiger partial charge in [0.2, 0.25) is 5.91 Å². The van der Waals surface area contributed by atoms with E-state index < -0.39 is 5.97 Å². The molecule has 1 amide bonds. The van der Waals surface area contributed by atoms with Gasteiger partial charge in [0.15, 0.2) is 0 Å². The molecule has 0 aromatic carbocycles. The molecule has 2 heterocycles. The zero-order chi connectivity index (χ0) is 14.5. The molecule has 0 atom stereocenters. The molecule has 0 aliphatic rings. The van der Waals surface area contributed by atoms with E-state index in [2.05, 4.69) is 10.3 Å². The van der Waals surface area contributed by atoms with Crippen molar-refractivity contribution >= 4 is 28.9 Å². The molecule has 2 aromatic rings. The Labute approximate surface area is 121 Å². The fourth-order valence-corrected chi connectivity index (χ4v) is 2.53. The Balaban J connectivity index is 2.09. The summed E-state index contributed by atoms with van der Waals surface area (Å²) < 4.78 is 4.99. The van der Waals surface area contributed by atoms with Gasteiger partial charge in [0.1, 0.15) is 5.56 Å². The highest BCUT2D eigenvalue weighted by Crippen LogP contribution is 2.20. The lowest BCUT2D eigenvalue weighted by Gasteiger charge is -2.06. The number of ether oxygens (including phenoxy) is 1. The average molecular weight is 292 g/mol. The fourth-order valence-electron chi connectivity index (χ4n) is 1.86. The monoisotopic (exact) mass is 292 g/mol. The van der Waals surface area contributed by atoms with Crippen molar-refractivity contribution in [1.29, 1.82) is 0 Å². The number of anilines is 1. The van der Waals surface area contributed by atoms with Crippen molar-refractivity contribution in [3.05, 3.63) is 39.8 Å². The van der Waals surface area contributed by atoms with Crippen molar-refractivity contribution < 1.29 is 14.3 Å². The Hall–Kier alpha value is -2.08. The van der Waals surface area contributed by atoms with Gasteiger partial charge in [-0.15, -0.1) is 0 Å². The fraction of sp³-hybridized carbons (Fsp3) is 0.286. The zero-order valence-electron chi connectivity index (χ0n) is 11.4. The van der Waals surface area contributed by atoms with Gasteiger partial charge in [0.05, 0.1) is 18.7 Å². The second-order valence-corrected chi connectivity index (χ2v) is 5.06. The summed E-state index contributed by atoms with van der Waals surface area (Å²) in [4.78, 5) is 26.7. The molecule has 5 nitrogen and oxygen atoms in total. The van der Waals surface area contributed by atoms with Gasteiger partial charge in [-0.2, -0.15) is 11.3 Å². The van der Waals surface area contributed by atoms with E-state index in [0.29, 0.717) is 23.6 Å². The van der Waals surface area contributed by atoms with E-state index in [9.17, 15) is 9.59 Å². The SMILES string of the molecule is CCOC(=O)c1c(NC(=O)Cc2ccsc2)c[nH]c1C. The van der Waals surface area contributed by atoms with Crippen molar-refractivity contribution in [3.8, 4) is 0 Å². The van der Waals surface area contributed by atoms with Crippen LogP contribution in [0, 0.1) is 6.92 Å². The number of thiophene rings is 1. The number of hydrogen-bond acceptors (Lipinski definition) is 4. The molecule has 0 radical (unpaired) electrons. The number of aryl methyl sites for hydroxylation is 1. The van der Waals surface area contributed by atoms with Gasteiger partial charge in [-0.1, -0.05) is 0 Å². The lowest BCUT2D eigenvalue weighted by atomic mass is 10.2. The normalized spacial score (nSPS) is 10.3. The molecule has 6 heteroatoms. The van der Waals surface area contributed by atoms with Crippen LogP contribution in [0.5, 0.6) is 0 Å². The van der Waals surface area contributed by atoms with Crippen LogP contribution in [-0.4, -0.2) is 23.5 Å². The van der Waals surface area contributed by atoms with Crippen molar-refractivity contribution in [2.45, 2.75) is 20.3 Å². The Morgan fingerprint density at radius 1 is 1.45 bits per heavy atom. The molecular formula is C14H16N2O3S. The first-order chi connectivity index (χ1) is 9.61. The highest BCUT2D eigenvalue weighted by atomic mass is 32.1. The van der Waals surface area contributed by atoms with E-state index in [-0.39, 0.29) is 12.3 Å². The standard InChI is InChI=1S/C14H16N2O3S/c1-3-19-14(18)13-9(2)15-7-11(13)16-12(17)6-10-4-5-20-8-10/h4-5,7-8,15H,3,6H2,1-2H3,(H,16,17). The lowest BCUT2D eigenvalue weighted by Crippen LogP contribution is -2.16. The van der Waals surface area contributed by atoms with Gasteiger partial charge in [0.25, 0.3) is 0 Å². The Bertz CT molecular complexity index is 602. The van der Waals surface area contributed by atoms with Crippen LogP contribution in [0.25, 0.3) is 0 Å². The van der Waals surface area contributed by atoms with Crippen molar-refractivity contribution in [2.75, 3.05) is 11.9 Å². The molecule has 0 saturated heterocycles. The van der Waals surface area contributed by atoms with Crippen LogP contribution in [-0.2, 0) is 16.0 Å². The van der Waals surface area contributed by atoms with Gasteiger partial charge in [0, 0.05) is 11.9 Å². The van der Waals surface area contributed by atoms with E-state index in [1.807, 2.05) is 16.8 Å². The maximum atomic E-state index is 11.9. The highest BCUT2D eigenvalue weighted by molar-refractivity contribution is 7.08. The first-order valence-corrected chi connectivity index (χ1v) is 7.22. The van der Waals surface area contributed by atoms with E-state index >= 15 is 0 Å². The van der Waals surface area contributed by atoms with Gasteiger partial charge in [-0.3, -0.25) is 4.79 Å². The van der Waals surface area contributed by atoms with Gasteiger partial charge >= 0.3 is 5.97 Å². The second kappa shape index (κ2) is 6.38. The molecule has 2 N–H and O–H groups in total. The minimum Gasteiger partial charge on any atom is -0.462 e. The number of hydrogen-bond donors (Lipinski definition) is 2. The number of nitrogens with one attached hydrogen (secondary N) is 2. The number of rotatable bonds is 5. The zero-order valence-corrected chi connectivity index (χ0v) is 12.2. The predicted octanol–water partition coefficient (Wildman–Crippen LogP) is 2.74. The van der Waals surface area contributed by atoms with E-state index in [4.69, 9.17) is 4.74 Å². The summed E-state index contributed by atoms with van der Waals surface area (Å²) in [5.74, 6) is -0.593. The van der Waals surface area contributed by atoms with Crippen LogP contribution in [0.2, 0.25) is 0 Å².